The predicted octanol–water partition coefficient (Wildman–Crippen LogP) is 3.41. The van der Waals surface area contributed by atoms with Crippen molar-refractivity contribution in [2.45, 2.75) is 63.7 Å². The molecule has 2 aliphatic rings. The summed E-state index contributed by atoms with van der Waals surface area (Å²) in [6, 6.07) is 6.50. The van der Waals surface area contributed by atoms with E-state index in [1.54, 1.807) is 24.3 Å². The number of likely N-dealkylation sites (tertiary alicyclic amines) is 1. The van der Waals surface area contributed by atoms with E-state index in [0.717, 1.165) is 31.5 Å². The maximum Gasteiger partial charge on any atom is 0.335 e. The fourth-order valence-electron chi connectivity index (χ4n) is 3.72. The smallest absolute Gasteiger partial charge is 0.335 e. The summed E-state index contributed by atoms with van der Waals surface area (Å²) < 4.78 is 6.21. The second kappa shape index (κ2) is 9.03. The number of hydrogen-bond acceptors (Lipinski definition) is 3. The molecule has 142 valence electrons. The van der Waals surface area contributed by atoms with Crippen LogP contribution in [0.5, 0.6) is 0 Å². The first kappa shape index (κ1) is 18.7. The molecular weight excluding hydrogens is 332 g/mol. The highest BCUT2D eigenvalue weighted by molar-refractivity contribution is 5.87. The van der Waals surface area contributed by atoms with Gasteiger partial charge in [-0.05, 0) is 43.4 Å². The van der Waals surface area contributed by atoms with Gasteiger partial charge in [-0.15, -0.1) is 0 Å². The van der Waals surface area contributed by atoms with Gasteiger partial charge in [0.25, 0.3) is 0 Å². The molecule has 6 nitrogen and oxygen atoms in total. The number of urea groups is 1. The maximum atomic E-state index is 12.3. The Balaban J connectivity index is 1.38. The molecule has 2 amide bonds. The van der Waals surface area contributed by atoms with Crippen molar-refractivity contribution < 1.29 is 19.4 Å². The van der Waals surface area contributed by atoms with Gasteiger partial charge in [0.1, 0.15) is 0 Å². The molecule has 1 aromatic carbocycles. The van der Waals surface area contributed by atoms with Gasteiger partial charge in [-0.3, -0.25) is 0 Å². The van der Waals surface area contributed by atoms with Gasteiger partial charge in [-0.2, -0.15) is 0 Å². The average molecular weight is 360 g/mol. The molecule has 1 aliphatic carbocycles. The van der Waals surface area contributed by atoms with Gasteiger partial charge in [0.15, 0.2) is 0 Å². The number of amides is 2. The Morgan fingerprint density at radius 1 is 1.00 bits per heavy atom. The number of nitrogens with one attached hydrogen (secondary N) is 1. The summed E-state index contributed by atoms with van der Waals surface area (Å²) in [6.07, 6.45) is 8.75. The maximum absolute atomic E-state index is 12.3. The number of nitrogens with zero attached hydrogens (tertiary/aromatic N) is 1. The number of piperidine rings is 1. The van der Waals surface area contributed by atoms with Crippen LogP contribution in [0.15, 0.2) is 24.3 Å². The van der Waals surface area contributed by atoms with Crippen molar-refractivity contribution >= 4 is 12.0 Å². The first-order valence-electron chi connectivity index (χ1n) is 9.62. The highest BCUT2D eigenvalue weighted by Gasteiger charge is 2.26. The van der Waals surface area contributed by atoms with Crippen LogP contribution in [0, 0.1) is 0 Å². The molecule has 0 unspecified atom stereocenters. The Labute approximate surface area is 154 Å². The summed E-state index contributed by atoms with van der Waals surface area (Å²) in [6.45, 7) is 1.85. The van der Waals surface area contributed by atoms with Gasteiger partial charge >= 0.3 is 12.0 Å². The lowest BCUT2D eigenvalue weighted by Gasteiger charge is -2.34. The molecule has 0 atom stereocenters. The molecule has 1 saturated heterocycles. The first-order chi connectivity index (χ1) is 12.6. The second-order valence-electron chi connectivity index (χ2n) is 7.24. The van der Waals surface area contributed by atoms with Crippen molar-refractivity contribution in [2.24, 2.45) is 0 Å². The third-order valence-electron chi connectivity index (χ3n) is 5.31. The van der Waals surface area contributed by atoms with E-state index >= 15 is 0 Å². The Hall–Kier alpha value is -2.08. The molecule has 1 aliphatic heterocycles. The molecule has 1 saturated carbocycles. The molecule has 0 spiro atoms. The summed E-state index contributed by atoms with van der Waals surface area (Å²) in [4.78, 5) is 25.0. The minimum atomic E-state index is -0.945. The summed E-state index contributed by atoms with van der Waals surface area (Å²) in [5, 5.41) is 11.8. The van der Waals surface area contributed by atoms with E-state index in [4.69, 9.17) is 9.84 Å². The number of benzene rings is 1. The van der Waals surface area contributed by atoms with Crippen molar-refractivity contribution in [3.63, 3.8) is 0 Å². The van der Waals surface area contributed by atoms with Gasteiger partial charge in [0, 0.05) is 19.6 Å². The number of rotatable bonds is 5. The van der Waals surface area contributed by atoms with Crippen LogP contribution in [0.3, 0.4) is 0 Å². The monoisotopic (exact) mass is 360 g/mol. The van der Waals surface area contributed by atoms with Gasteiger partial charge in [-0.25, -0.2) is 9.59 Å². The number of hydrogen-bond donors (Lipinski definition) is 2. The van der Waals surface area contributed by atoms with Gasteiger partial charge < -0.3 is 20.1 Å². The van der Waals surface area contributed by atoms with Gasteiger partial charge in [0.05, 0.1) is 17.8 Å². The van der Waals surface area contributed by atoms with E-state index in [1.807, 2.05) is 4.90 Å². The fraction of sp³-hybridized carbons (Fsp3) is 0.600. The Bertz CT molecular complexity index is 603. The number of ether oxygens (including phenoxy) is 1. The largest absolute Gasteiger partial charge is 0.478 e. The van der Waals surface area contributed by atoms with E-state index in [9.17, 15) is 9.59 Å². The minimum absolute atomic E-state index is 0.0663. The van der Waals surface area contributed by atoms with Gasteiger partial charge in [-0.1, -0.05) is 31.4 Å². The van der Waals surface area contributed by atoms with Crippen LogP contribution in [0.4, 0.5) is 4.79 Å². The van der Waals surface area contributed by atoms with Crippen LogP contribution >= 0.6 is 0 Å². The van der Waals surface area contributed by atoms with Crippen molar-refractivity contribution in [3.05, 3.63) is 35.4 Å². The Kier molecular flexibility index (Phi) is 6.50. The van der Waals surface area contributed by atoms with E-state index in [-0.39, 0.29) is 17.7 Å². The first-order valence-corrected chi connectivity index (χ1v) is 9.62. The van der Waals surface area contributed by atoms with Crippen LogP contribution in [-0.2, 0) is 11.3 Å². The third kappa shape index (κ3) is 5.21. The Morgan fingerprint density at radius 3 is 2.23 bits per heavy atom. The van der Waals surface area contributed by atoms with Crippen molar-refractivity contribution in [2.75, 3.05) is 13.1 Å². The summed E-state index contributed by atoms with van der Waals surface area (Å²) in [5.41, 5.74) is 1.14. The average Bonchev–Trinajstić information content (AvgIpc) is 2.68. The molecule has 2 fully saturated rings. The van der Waals surface area contributed by atoms with E-state index in [1.165, 1.54) is 32.1 Å². The van der Waals surface area contributed by atoms with Crippen molar-refractivity contribution in [1.29, 1.82) is 0 Å². The molecular formula is C20H28N2O4. The number of carboxylic acid groups (broad SMARTS) is 1. The lowest BCUT2D eigenvalue weighted by Crippen LogP contribution is -2.46. The van der Waals surface area contributed by atoms with Crippen LogP contribution in [0.25, 0.3) is 0 Å². The normalized spacial score (nSPS) is 19.3. The molecule has 26 heavy (non-hydrogen) atoms. The third-order valence-corrected chi connectivity index (χ3v) is 5.31. The molecule has 0 aromatic heterocycles. The summed E-state index contributed by atoms with van der Waals surface area (Å²) in [5.74, 6) is -0.945. The molecule has 3 rings (SSSR count). The standard InChI is InChI=1S/C20H28N2O4/c23-19(24)16-8-6-15(7-9-16)14-21-20(25)22-12-10-18(11-13-22)26-17-4-2-1-3-5-17/h6-9,17-18H,1-5,10-14H2,(H,21,25)(H,23,24). The highest BCUT2D eigenvalue weighted by Crippen LogP contribution is 2.24. The zero-order chi connectivity index (χ0) is 18.4. The second-order valence-corrected chi connectivity index (χ2v) is 7.24. The van der Waals surface area contributed by atoms with E-state index < -0.39 is 5.97 Å². The van der Waals surface area contributed by atoms with E-state index in [0.29, 0.717) is 12.6 Å². The van der Waals surface area contributed by atoms with Crippen LogP contribution < -0.4 is 5.32 Å². The number of carboxylic acids is 1. The lowest BCUT2D eigenvalue weighted by atomic mass is 9.97. The SMILES string of the molecule is O=C(O)c1ccc(CNC(=O)N2CCC(OC3CCCCC3)CC2)cc1. The van der Waals surface area contributed by atoms with Gasteiger partial charge in [0.2, 0.25) is 0 Å². The minimum Gasteiger partial charge on any atom is -0.478 e. The highest BCUT2D eigenvalue weighted by atomic mass is 16.5. The molecule has 6 heteroatoms. The topological polar surface area (TPSA) is 78.9 Å². The Morgan fingerprint density at radius 2 is 1.62 bits per heavy atom. The summed E-state index contributed by atoms with van der Waals surface area (Å²) in [7, 11) is 0. The molecule has 1 heterocycles. The van der Waals surface area contributed by atoms with Crippen LogP contribution in [0.1, 0.15) is 60.9 Å². The quantitative estimate of drug-likeness (QED) is 0.843. The fourth-order valence-corrected chi connectivity index (χ4v) is 3.72. The van der Waals surface area contributed by atoms with E-state index in [2.05, 4.69) is 5.32 Å². The number of carbonyl (C=O) groups excluding carboxylic acids is 1. The van der Waals surface area contributed by atoms with Crippen molar-refractivity contribution in [3.8, 4) is 0 Å². The summed E-state index contributed by atoms with van der Waals surface area (Å²) >= 11 is 0. The molecule has 1 aromatic rings. The number of carbonyl (C=O) groups is 2. The van der Waals surface area contributed by atoms with Crippen molar-refractivity contribution in [1.82, 2.24) is 10.2 Å². The van der Waals surface area contributed by atoms with Crippen LogP contribution in [-0.4, -0.2) is 47.3 Å². The van der Waals surface area contributed by atoms with Crippen LogP contribution in [0.2, 0.25) is 0 Å². The zero-order valence-corrected chi connectivity index (χ0v) is 15.2. The molecule has 0 radical (unpaired) electrons. The molecule has 2 N–H and O–H groups in total. The predicted molar refractivity (Wildman–Crippen MR) is 98.2 cm³/mol. The zero-order valence-electron chi connectivity index (χ0n) is 15.2. The lowest BCUT2D eigenvalue weighted by molar-refractivity contribution is -0.0514. The number of aromatic carboxylic acids is 1. The molecule has 0 bridgehead atoms.